The zero-order valence-corrected chi connectivity index (χ0v) is 11.2. The molecule has 0 heterocycles. The molecular weight excluding hydrogens is 244 g/mol. The minimum atomic E-state index is -1.04. The van der Waals surface area contributed by atoms with Crippen LogP contribution in [0.1, 0.15) is 36.9 Å². The van der Waals surface area contributed by atoms with Crippen molar-refractivity contribution in [2.45, 2.75) is 38.8 Å². The molecule has 0 aliphatic rings. The van der Waals surface area contributed by atoms with Gasteiger partial charge in [0.25, 0.3) is 0 Å². The number of aliphatic carboxylic acids is 1. The van der Waals surface area contributed by atoms with E-state index in [1.165, 1.54) is 0 Å². The molecule has 5 nitrogen and oxygen atoms in total. The molecule has 1 rings (SSSR count). The molecule has 2 atom stereocenters. The van der Waals surface area contributed by atoms with E-state index in [-0.39, 0.29) is 0 Å². The highest BCUT2D eigenvalue weighted by Gasteiger charge is 2.23. The summed E-state index contributed by atoms with van der Waals surface area (Å²) in [7, 11) is 0. The molecule has 0 aliphatic carbocycles. The van der Waals surface area contributed by atoms with Crippen molar-refractivity contribution in [3.8, 4) is 0 Å². The van der Waals surface area contributed by atoms with Gasteiger partial charge in [0.15, 0.2) is 0 Å². The Labute approximate surface area is 112 Å². The SMILES string of the molecule is CCC[C@H](NC(=O)C(N)c1ccc(C)cc1)C(=O)O. The Kier molecular flexibility index (Phi) is 5.51. The highest BCUT2D eigenvalue weighted by atomic mass is 16.4. The predicted octanol–water partition coefficient (Wildman–Crippen LogP) is 1.36. The van der Waals surface area contributed by atoms with Crippen LogP contribution in [0.3, 0.4) is 0 Å². The summed E-state index contributed by atoms with van der Waals surface area (Å²) in [5.74, 6) is -1.50. The van der Waals surface area contributed by atoms with Gasteiger partial charge >= 0.3 is 5.97 Å². The topological polar surface area (TPSA) is 92.4 Å². The summed E-state index contributed by atoms with van der Waals surface area (Å²) >= 11 is 0. The number of nitrogens with one attached hydrogen (secondary N) is 1. The van der Waals surface area contributed by atoms with Crippen LogP contribution in [0.15, 0.2) is 24.3 Å². The highest BCUT2D eigenvalue weighted by Crippen LogP contribution is 2.12. The number of amides is 1. The first kappa shape index (κ1) is 15.2. The van der Waals surface area contributed by atoms with Gasteiger partial charge in [0.05, 0.1) is 0 Å². The Balaban J connectivity index is 2.71. The number of nitrogens with two attached hydrogens (primary N) is 1. The van der Waals surface area contributed by atoms with Crippen LogP contribution in [-0.4, -0.2) is 23.0 Å². The Bertz CT molecular complexity index is 443. The van der Waals surface area contributed by atoms with Gasteiger partial charge in [-0.05, 0) is 18.9 Å². The predicted molar refractivity (Wildman–Crippen MR) is 72.6 cm³/mol. The minimum Gasteiger partial charge on any atom is -0.480 e. The van der Waals surface area contributed by atoms with E-state index in [0.29, 0.717) is 18.4 Å². The molecule has 0 spiro atoms. The number of rotatable bonds is 6. The lowest BCUT2D eigenvalue weighted by Gasteiger charge is -2.17. The molecule has 0 fully saturated rings. The summed E-state index contributed by atoms with van der Waals surface area (Å²) in [5, 5.41) is 11.5. The molecule has 0 bridgehead atoms. The second-order valence-electron chi connectivity index (χ2n) is 4.58. The zero-order valence-electron chi connectivity index (χ0n) is 11.2. The normalized spacial score (nSPS) is 13.6. The van der Waals surface area contributed by atoms with Crippen LogP contribution in [0, 0.1) is 6.92 Å². The number of carboxylic acid groups (broad SMARTS) is 1. The fourth-order valence-corrected chi connectivity index (χ4v) is 1.73. The second-order valence-corrected chi connectivity index (χ2v) is 4.58. The van der Waals surface area contributed by atoms with E-state index in [1.54, 1.807) is 12.1 Å². The van der Waals surface area contributed by atoms with Gasteiger partial charge in [-0.25, -0.2) is 4.79 Å². The Hall–Kier alpha value is -1.88. The Morgan fingerprint density at radius 3 is 2.37 bits per heavy atom. The molecule has 1 amide bonds. The van der Waals surface area contributed by atoms with Crippen molar-refractivity contribution in [1.82, 2.24) is 5.32 Å². The first-order valence-electron chi connectivity index (χ1n) is 6.31. The molecule has 0 aromatic heterocycles. The van der Waals surface area contributed by atoms with Gasteiger partial charge in [0.2, 0.25) is 5.91 Å². The minimum absolute atomic E-state index is 0.391. The van der Waals surface area contributed by atoms with Crippen molar-refractivity contribution in [3.05, 3.63) is 35.4 Å². The molecule has 0 saturated heterocycles. The van der Waals surface area contributed by atoms with Gasteiger partial charge in [-0.3, -0.25) is 4.79 Å². The van der Waals surface area contributed by atoms with E-state index < -0.39 is 24.0 Å². The average molecular weight is 264 g/mol. The number of benzene rings is 1. The summed E-state index contributed by atoms with van der Waals surface area (Å²) in [6.45, 7) is 3.80. The summed E-state index contributed by atoms with van der Waals surface area (Å²) in [6.07, 6.45) is 1.07. The fraction of sp³-hybridized carbons (Fsp3) is 0.429. The van der Waals surface area contributed by atoms with Gasteiger partial charge in [-0.15, -0.1) is 0 Å². The average Bonchev–Trinajstić information content (AvgIpc) is 2.38. The summed E-state index contributed by atoms with van der Waals surface area (Å²) < 4.78 is 0. The van der Waals surface area contributed by atoms with Crippen LogP contribution in [0.25, 0.3) is 0 Å². The van der Waals surface area contributed by atoms with Gasteiger partial charge < -0.3 is 16.2 Å². The smallest absolute Gasteiger partial charge is 0.326 e. The van der Waals surface area contributed by atoms with Crippen LogP contribution in [0.4, 0.5) is 0 Å². The lowest BCUT2D eigenvalue weighted by Crippen LogP contribution is -2.44. The largest absolute Gasteiger partial charge is 0.480 e. The molecule has 0 radical (unpaired) electrons. The van der Waals surface area contributed by atoms with Crippen molar-refractivity contribution in [2.24, 2.45) is 5.73 Å². The number of carboxylic acids is 1. The second kappa shape index (κ2) is 6.89. The molecule has 104 valence electrons. The lowest BCUT2D eigenvalue weighted by molar-refractivity contribution is -0.142. The van der Waals surface area contributed by atoms with E-state index in [1.807, 2.05) is 26.0 Å². The maximum atomic E-state index is 11.9. The molecule has 1 aromatic rings. The van der Waals surface area contributed by atoms with Crippen LogP contribution in [0.5, 0.6) is 0 Å². The van der Waals surface area contributed by atoms with E-state index in [0.717, 1.165) is 5.56 Å². The van der Waals surface area contributed by atoms with Gasteiger partial charge in [0, 0.05) is 0 Å². The molecule has 19 heavy (non-hydrogen) atoms. The van der Waals surface area contributed by atoms with Crippen LogP contribution < -0.4 is 11.1 Å². The molecule has 5 heteroatoms. The van der Waals surface area contributed by atoms with Gasteiger partial charge in [-0.1, -0.05) is 43.2 Å². The molecule has 0 saturated carbocycles. The molecule has 1 unspecified atom stereocenters. The van der Waals surface area contributed by atoms with E-state index in [2.05, 4.69) is 5.32 Å². The molecular formula is C14H20N2O3. The maximum absolute atomic E-state index is 11.9. The third-order valence-electron chi connectivity index (χ3n) is 2.91. The quantitative estimate of drug-likeness (QED) is 0.723. The first-order chi connectivity index (χ1) is 8.95. The van der Waals surface area contributed by atoms with Crippen molar-refractivity contribution in [2.75, 3.05) is 0 Å². The summed E-state index contributed by atoms with van der Waals surface area (Å²) in [4.78, 5) is 22.9. The molecule has 4 N–H and O–H groups in total. The van der Waals surface area contributed by atoms with Crippen molar-refractivity contribution < 1.29 is 14.7 Å². The van der Waals surface area contributed by atoms with E-state index >= 15 is 0 Å². The number of carbonyl (C=O) groups is 2. The third kappa shape index (κ3) is 4.37. The van der Waals surface area contributed by atoms with E-state index in [4.69, 9.17) is 10.8 Å². The number of hydrogen-bond acceptors (Lipinski definition) is 3. The standard InChI is InChI=1S/C14H20N2O3/c1-3-4-11(14(18)19)16-13(17)12(15)10-7-5-9(2)6-8-10/h5-8,11-12H,3-4,15H2,1-2H3,(H,16,17)(H,18,19)/t11-,12?/m0/s1. The monoisotopic (exact) mass is 264 g/mol. The third-order valence-corrected chi connectivity index (χ3v) is 2.91. The zero-order chi connectivity index (χ0) is 14.4. The van der Waals surface area contributed by atoms with Crippen molar-refractivity contribution in [1.29, 1.82) is 0 Å². The highest BCUT2D eigenvalue weighted by molar-refractivity contribution is 5.87. The van der Waals surface area contributed by atoms with Crippen LogP contribution in [-0.2, 0) is 9.59 Å². The van der Waals surface area contributed by atoms with Gasteiger partial charge in [0.1, 0.15) is 12.1 Å². The van der Waals surface area contributed by atoms with Crippen LogP contribution >= 0.6 is 0 Å². The maximum Gasteiger partial charge on any atom is 0.326 e. The summed E-state index contributed by atoms with van der Waals surface area (Å²) in [6, 6.07) is 5.55. The van der Waals surface area contributed by atoms with Crippen LogP contribution in [0.2, 0.25) is 0 Å². The molecule has 0 aliphatic heterocycles. The number of carbonyl (C=O) groups excluding carboxylic acids is 1. The van der Waals surface area contributed by atoms with Crippen molar-refractivity contribution >= 4 is 11.9 Å². The number of aryl methyl sites for hydroxylation is 1. The lowest BCUT2D eigenvalue weighted by atomic mass is 10.0. The molecule has 1 aromatic carbocycles. The van der Waals surface area contributed by atoms with Crippen molar-refractivity contribution in [3.63, 3.8) is 0 Å². The van der Waals surface area contributed by atoms with Gasteiger partial charge in [-0.2, -0.15) is 0 Å². The Morgan fingerprint density at radius 2 is 1.89 bits per heavy atom. The summed E-state index contributed by atoms with van der Waals surface area (Å²) in [5.41, 5.74) is 7.57. The fourth-order valence-electron chi connectivity index (χ4n) is 1.73. The van der Waals surface area contributed by atoms with E-state index in [9.17, 15) is 9.59 Å². The first-order valence-corrected chi connectivity index (χ1v) is 6.31. The number of hydrogen-bond donors (Lipinski definition) is 3. The Morgan fingerprint density at radius 1 is 1.32 bits per heavy atom.